The molecule has 1 amide bonds. The first-order valence-corrected chi connectivity index (χ1v) is 6.24. The van der Waals surface area contributed by atoms with Crippen molar-refractivity contribution >= 4 is 17.9 Å². The molecule has 22 heavy (non-hydrogen) atoms. The number of nitro groups is 1. The third-order valence-electron chi connectivity index (χ3n) is 3.29. The van der Waals surface area contributed by atoms with Crippen molar-refractivity contribution < 1.29 is 29.1 Å². The number of aromatic nitrogens is 1. The van der Waals surface area contributed by atoms with Gasteiger partial charge in [0.2, 0.25) is 11.4 Å². The standard InChI is InChI=1S/C12H13N3O7/c1-21-10(16)12(4-6-14(7-12)11(17)18)22-8-3-2-5-13-9(8)15(19)20/h2-3,5H,4,6-7H2,1H3,(H,17,18). The minimum absolute atomic E-state index is 0.0258. The first-order valence-electron chi connectivity index (χ1n) is 6.24. The van der Waals surface area contributed by atoms with Crippen LogP contribution >= 0.6 is 0 Å². The van der Waals surface area contributed by atoms with Crippen LogP contribution in [0.15, 0.2) is 18.3 Å². The maximum absolute atomic E-state index is 12.0. The SMILES string of the molecule is COC(=O)C1(Oc2cccnc2[N+](=O)[O-])CCN(C(=O)O)C1. The van der Waals surface area contributed by atoms with E-state index in [4.69, 9.17) is 9.84 Å². The third-order valence-corrected chi connectivity index (χ3v) is 3.29. The molecule has 0 aliphatic carbocycles. The highest BCUT2D eigenvalue weighted by molar-refractivity contribution is 5.82. The normalized spacial score (nSPS) is 20.5. The fraction of sp³-hybridized carbons (Fsp3) is 0.417. The second kappa shape index (κ2) is 5.84. The first kappa shape index (κ1) is 15.5. The number of ether oxygens (including phenoxy) is 2. The van der Waals surface area contributed by atoms with Crippen LogP contribution in [0.3, 0.4) is 0 Å². The number of nitrogens with zero attached hydrogens (tertiary/aromatic N) is 3. The number of esters is 1. The lowest BCUT2D eigenvalue weighted by Gasteiger charge is -2.26. The number of amides is 1. The lowest BCUT2D eigenvalue weighted by atomic mass is 10.0. The zero-order chi connectivity index (χ0) is 16.3. The average Bonchev–Trinajstić information content (AvgIpc) is 2.92. The van der Waals surface area contributed by atoms with E-state index in [1.165, 1.54) is 18.3 Å². The molecule has 1 aromatic heterocycles. The molecular formula is C12H13N3O7. The smallest absolute Gasteiger partial charge is 0.407 e. The highest BCUT2D eigenvalue weighted by atomic mass is 16.6. The topological polar surface area (TPSA) is 132 Å². The van der Waals surface area contributed by atoms with Gasteiger partial charge in [-0.3, -0.25) is 0 Å². The molecule has 0 bridgehead atoms. The van der Waals surface area contributed by atoms with E-state index < -0.39 is 28.4 Å². The second-order valence-electron chi connectivity index (χ2n) is 4.62. The molecule has 2 heterocycles. The summed E-state index contributed by atoms with van der Waals surface area (Å²) in [5, 5.41) is 20.0. The molecule has 1 aliphatic rings. The number of carbonyl (C=O) groups excluding carboxylic acids is 1. The Morgan fingerprint density at radius 1 is 1.55 bits per heavy atom. The van der Waals surface area contributed by atoms with Crippen molar-refractivity contribution in [1.29, 1.82) is 0 Å². The summed E-state index contributed by atoms with van der Waals surface area (Å²) in [4.78, 5) is 37.8. The van der Waals surface area contributed by atoms with Crippen LogP contribution in [0, 0.1) is 10.1 Å². The Morgan fingerprint density at radius 3 is 2.82 bits per heavy atom. The van der Waals surface area contributed by atoms with Crippen LogP contribution in [0.1, 0.15) is 6.42 Å². The van der Waals surface area contributed by atoms with Gasteiger partial charge in [0.25, 0.3) is 0 Å². The number of hydrogen-bond donors (Lipinski definition) is 1. The Kier molecular flexibility index (Phi) is 4.11. The summed E-state index contributed by atoms with van der Waals surface area (Å²) in [6.07, 6.45) is 0.0292. The van der Waals surface area contributed by atoms with Crippen LogP contribution in [0.25, 0.3) is 0 Å². The molecule has 0 saturated carbocycles. The summed E-state index contributed by atoms with van der Waals surface area (Å²) >= 11 is 0. The first-order chi connectivity index (χ1) is 10.4. The number of rotatable bonds is 4. The van der Waals surface area contributed by atoms with Crippen molar-refractivity contribution in [3.63, 3.8) is 0 Å². The van der Waals surface area contributed by atoms with Gasteiger partial charge in [0.05, 0.1) is 13.7 Å². The minimum Gasteiger partial charge on any atom is -0.466 e. The molecule has 0 radical (unpaired) electrons. The minimum atomic E-state index is -1.62. The van der Waals surface area contributed by atoms with E-state index >= 15 is 0 Å². The van der Waals surface area contributed by atoms with E-state index in [0.29, 0.717) is 0 Å². The van der Waals surface area contributed by atoms with E-state index in [1.807, 2.05) is 0 Å². The molecule has 10 nitrogen and oxygen atoms in total. The van der Waals surface area contributed by atoms with Crippen LogP contribution in [0.4, 0.5) is 10.6 Å². The number of hydrogen-bond acceptors (Lipinski definition) is 7. The summed E-state index contributed by atoms with van der Waals surface area (Å²) in [5.74, 6) is -1.57. The third kappa shape index (κ3) is 2.75. The van der Waals surface area contributed by atoms with E-state index in [-0.39, 0.29) is 25.3 Å². The van der Waals surface area contributed by atoms with Gasteiger partial charge >= 0.3 is 17.9 Å². The summed E-state index contributed by atoms with van der Waals surface area (Å²) in [6, 6.07) is 2.70. The van der Waals surface area contributed by atoms with Gasteiger partial charge in [0.1, 0.15) is 6.20 Å². The summed E-state index contributed by atoms with van der Waals surface area (Å²) in [6.45, 7) is -0.223. The van der Waals surface area contributed by atoms with Gasteiger partial charge in [-0.15, -0.1) is 0 Å². The molecule has 1 N–H and O–H groups in total. The molecule has 1 aromatic rings. The van der Waals surface area contributed by atoms with Gasteiger partial charge in [-0.1, -0.05) is 0 Å². The van der Waals surface area contributed by atoms with Crippen molar-refractivity contribution in [1.82, 2.24) is 9.88 Å². The largest absolute Gasteiger partial charge is 0.466 e. The Balaban J connectivity index is 2.35. The number of likely N-dealkylation sites (tertiary alicyclic amines) is 1. The molecule has 2 rings (SSSR count). The fourth-order valence-electron chi connectivity index (χ4n) is 2.23. The highest BCUT2D eigenvalue weighted by Gasteiger charge is 2.50. The number of methoxy groups -OCH3 is 1. The number of carboxylic acid groups (broad SMARTS) is 1. The number of pyridine rings is 1. The van der Waals surface area contributed by atoms with E-state index in [9.17, 15) is 19.7 Å². The lowest BCUT2D eigenvalue weighted by Crippen LogP contribution is -2.48. The van der Waals surface area contributed by atoms with Gasteiger partial charge < -0.3 is 29.6 Å². The van der Waals surface area contributed by atoms with Crippen molar-refractivity contribution in [2.45, 2.75) is 12.0 Å². The molecule has 0 spiro atoms. The molecule has 0 aromatic carbocycles. The van der Waals surface area contributed by atoms with Crippen molar-refractivity contribution in [3.05, 3.63) is 28.4 Å². The summed E-state index contributed by atoms with van der Waals surface area (Å²) in [7, 11) is 1.13. The van der Waals surface area contributed by atoms with Crippen LogP contribution in [-0.2, 0) is 9.53 Å². The highest BCUT2D eigenvalue weighted by Crippen LogP contribution is 2.33. The molecule has 1 fully saturated rings. The predicted molar refractivity (Wildman–Crippen MR) is 70.5 cm³/mol. The van der Waals surface area contributed by atoms with E-state index in [2.05, 4.69) is 9.72 Å². The summed E-state index contributed by atoms with van der Waals surface area (Å²) < 4.78 is 10.2. The Labute approximate surface area is 124 Å². The van der Waals surface area contributed by atoms with E-state index in [0.717, 1.165) is 12.0 Å². The van der Waals surface area contributed by atoms with Gasteiger partial charge in [-0.2, -0.15) is 0 Å². The van der Waals surface area contributed by atoms with Gasteiger partial charge in [0.15, 0.2) is 0 Å². The Morgan fingerprint density at radius 2 is 2.27 bits per heavy atom. The maximum atomic E-state index is 12.0. The van der Waals surface area contributed by atoms with Gasteiger partial charge in [-0.25, -0.2) is 9.59 Å². The zero-order valence-corrected chi connectivity index (χ0v) is 11.6. The van der Waals surface area contributed by atoms with Gasteiger partial charge in [0, 0.05) is 13.0 Å². The predicted octanol–water partition coefficient (Wildman–Crippen LogP) is 0.664. The van der Waals surface area contributed by atoms with Crippen molar-refractivity contribution in [2.75, 3.05) is 20.2 Å². The molecule has 10 heteroatoms. The molecule has 1 atom stereocenters. The van der Waals surface area contributed by atoms with Crippen LogP contribution in [0.2, 0.25) is 0 Å². The fourth-order valence-corrected chi connectivity index (χ4v) is 2.23. The number of carbonyl (C=O) groups is 2. The Bertz CT molecular complexity index is 620. The van der Waals surface area contributed by atoms with Crippen molar-refractivity contribution in [3.8, 4) is 5.75 Å². The van der Waals surface area contributed by atoms with Crippen LogP contribution in [0.5, 0.6) is 5.75 Å². The zero-order valence-electron chi connectivity index (χ0n) is 11.6. The molecule has 1 unspecified atom stereocenters. The van der Waals surface area contributed by atoms with Crippen LogP contribution < -0.4 is 4.74 Å². The quantitative estimate of drug-likeness (QED) is 0.487. The van der Waals surface area contributed by atoms with E-state index in [1.54, 1.807) is 0 Å². The Hall–Kier alpha value is -2.91. The molecule has 118 valence electrons. The average molecular weight is 311 g/mol. The molecule has 1 saturated heterocycles. The lowest BCUT2D eigenvalue weighted by molar-refractivity contribution is -0.390. The monoisotopic (exact) mass is 311 g/mol. The molecular weight excluding hydrogens is 298 g/mol. The van der Waals surface area contributed by atoms with Crippen LogP contribution in [-0.4, -0.2) is 57.8 Å². The second-order valence-corrected chi connectivity index (χ2v) is 4.62. The summed E-state index contributed by atoms with van der Waals surface area (Å²) in [5.41, 5.74) is -1.62. The van der Waals surface area contributed by atoms with Gasteiger partial charge in [-0.05, 0) is 22.0 Å². The van der Waals surface area contributed by atoms with Crippen molar-refractivity contribution in [2.24, 2.45) is 0 Å². The molecule has 1 aliphatic heterocycles. The maximum Gasteiger partial charge on any atom is 0.407 e.